The van der Waals surface area contributed by atoms with E-state index in [0.29, 0.717) is 12.8 Å². The predicted octanol–water partition coefficient (Wildman–Crippen LogP) is 2.38. The lowest BCUT2D eigenvalue weighted by atomic mass is 10.0. The number of anilines is 1. The fourth-order valence-electron chi connectivity index (χ4n) is 2.62. The van der Waals surface area contributed by atoms with Crippen LogP contribution in [-0.4, -0.2) is 29.2 Å². The molecular weight excluding hydrogens is 270 g/mol. The van der Waals surface area contributed by atoms with E-state index in [0.717, 1.165) is 29.7 Å². The lowest BCUT2D eigenvalue weighted by molar-refractivity contribution is -0.150. The van der Waals surface area contributed by atoms with Crippen molar-refractivity contribution in [3.05, 3.63) is 29.3 Å². The maximum absolute atomic E-state index is 12.3. The first-order valence-corrected chi connectivity index (χ1v) is 7.36. The molecule has 0 saturated carbocycles. The minimum absolute atomic E-state index is 0.255. The molecule has 2 N–H and O–H groups in total. The van der Waals surface area contributed by atoms with E-state index in [1.165, 1.54) is 0 Å². The zero-order valence-corrected chi connectivity index (χ0v) is 12.4. The predicted molar refractivity (Wildman–Crippen MR) is 79.4 cm³/mol. The second-order valence-electron chi connectivity index (χ2n) is 5.18. The van der Waals surface area contributed by atoms with Crippen LogP contribution in [0.5, 0.6) is 0 Å². The van der Waals surface area contributed by atoms with Gasteiger partial charge in [0.1, 0.15) is 6.10 Å². The Morgan fingerprint density at radius 2 is 1.76 bits per heavy atom. The number of para-hydroxylation sites is 1. The Morgan fingerprint density at radius 1 is 1.19 bits per heavy atom. The highest BCUT2D eigenvalue weighted by Crippen LogP contribution is 2.25. The second-order valence-corrected chi connectivity index (χ2v) is 5.18. The largest absolute Gasteiger partial charge is 0.479 e. The Balaban J connectivity index is 2.12. The van der Waals surface area contributed by atoms with Gasteiger partial charge in [0.15, 0.2) is 6.10 Å². The van der Waals surface area contributed by atoms with Crippen molar-refractivity contribution < 1.29 is 19.4 Å². The van der Waals surface area contributed by atoms with Crippen molar-refractivity contribution in [3.8, 4) is 0 Å². The van der Waals surface area contributed by atoms with Crippen molar-refractivity contribution in [3.63, 3.8) is 0 Å². The van der Waals surface area contributed by atoms with E-state index >= 15 is 0 Å². The molecule has 5 nitrogen and oxygen atoms in total. The van der Waals surface area contributed by atoms with Crippen LogP contribution in [0.2, 0.25) is 0 Å². The summed E-state index contributed by atoms with van der Waals surface area (Å²) in [5, 5.41) is 11.8. The molecule has 21 heavy (non-hydrogen) atoms. The van der Waals surface area contributed by atoms with Crippen molar-refractivity contribution in [1.82, 2.24) is 0 Å². The van der Waals surface area contributed by atoms with Gasteiger partial charge >= 0.3 is 5.97 Å². The van der Waals surface area contributed by atoms with Gasteiger partial charge in [-0.25, -0.2) is 4.79 Å². The monoisotopic (exact) mass is 291 g/mol. The van der Waals surface area contributed by atoms with Gasteiger partial charge in [-0.2, -0.15) is 0 Å². The third-order valence-corrected chi connectivity index (χ3v) is 3.83. The second kappa shape index (κ2) is 6.72. The number of benzene rings is 1. The summed E-state index contributed by atoms with van der Waals surface area (Å²) in [5.41, 5.74) is 3.00. The van der Waals surface area contributed by atoms with E-state index in [1.54, 1.807) is 0 Å². The Morgan fingerprint density at radius 3 is 2.24 bits per heavy atom. The maximum Gasteiger partial charge on any atom is 0.332 e. The molecule has 0 aromatic heterocycles. The first kappa shape index (κ1) is 15.5. The minimum atomic E-state index is -1.01. The lowest BCUT2D eigenvalue weighted by Crippen LogP contribution is -2.30. The summed E-state index contributed by atoms with van der Waals surface area (Å²) < 4.78 is 5.29. The molecule has 1 heterocycles. The normalized spacial score (nSPS) is 21.2. The quantitative estimate of drug-likeness (QED) is 0.873. The average molecular weight is 291 g/mol. The van der Waals surface area contributed by atoms with Gasteiger partial charge in [0, 0.05) is 5.69 Å². The fraction of sp³-hybridized carbons (Fsp3) is 0.500. The summed E-state index contributed by atoms with van der Waals surface area (Å²) in [6.45, 7) is 4.08. The SMILES string of the molecule is CCc1cccc(CC)c1NC(=O)C1CCC(C(=O)O)O1. The van der Waals surface area contributed by atoms with E-state index in [2.05, 4.69) is 5.32 Å². The van der Waals surface area contributed by atoms with E-state index < -0.39 is 18.2 Å². The number of hydrogen-bond acceptors (Lipinski definition) is 3. The molecule has 1 aliphatic rings. The number of carbonyl (C=O) groups excluding carboxylic acids is 1. The van der Waals surface area contributed by atoms with Gasteiger partial charge in [0.25, 0.3) is 5.91 Å². The smallest absolute Gasteiger partial charge is 0.332 e. The molecule has 1 aromatic rings. The number of rotatable bonds is 5. The standard InChI is InChI=1S/C16H21NO4/c1-3-10-6-5-7-11(4-2)14(10)17-15(18)12-8-9-13(21-12)16(19)20/h5-7,12-13H,3-4,8-9H2,1-2H3,(H,17,18)(H,19,20). The molecule has 1 fully saturated rings. The zero-order valence-electron chi connectivity index (χ0n) is 12.4. The number of aliphatic carboxylic acids is 1. The van der Waals surface area contributed by atoms with Gasteiger partial charge in [-0.1, -0.05) is 32.0 Å². The summed E-state index contributed by atoms with van der Waals surface area (Å²) in [7, 11) is 0. The molecule has 2 atom stereocenters. The van der Waals surface area contributed by atoms with Crippen LogP contribution in [-0.2, 0) is 27.2 Å². The van der Waals surface area contributed by atoms with Gasteiger partial charge < -0.3 is 15.2 Å². The molecule has 2 unspecified atom stereocenters. The van der Waals surface area contributed by atoms with Gasteiger partial charge in [-0.15, -0.1) is 0 Å². The van der Waals surface area contributed by atoms with Crippen LogP contribution >= 0.6 is 0 Å². The summed E-state index contributed by atoms with van der Waals surface area (Å²) in [6.07, 6.45) is 0.926. The number of nitrogens with one attached hydrogen (secondary N) is 1. The number of ether oxygens (including phenoxy) is 1. The summed E-state index contributed by atoms with van der Waals surface area (Å²) in [5.74, 6) is -1.26. The molecular formula is C16H21NO4. The first-order chi connectivity index (χ1) is 10.1. The first-order valence-electron chi connectivity index (χ1n) is 7.36. The third kappa shape index (κ3) is 3.42. The van der Waals surface area contributed by atoms with Crippen molar-refractivity contribution in [1.29, 1.82) is 0 Å². The molecule has 114 valence electrons. The van der Waals surface area contributed by atoms with E-state index in [9.17, 15) is 9.59 Å². The van der Waals surface area contributed by atoms with Gasteiger partial charge in [0.05, 0.1) is 0 Å². The highest BCUT2D eigenvalue weighted by atomic mass is 16.5. The van der Waals surface area contributed by atoms with Crippen LogP contribution < -0.4 is 5.32 Å². The molecule has 0 bridgehead atoms. The summed E-state index contributed by atoms with van der Waals surface area (Å²) in [6, 6.07) is 5.97. The molecule has 1 saturated heterocycles. The van der Waals surface area contributed by atoms with Crippen LogP contribution in [0.3, 0.4) is 0 Å². The number of aryl methyl sites for hydroxylation is 2. The molecule has 1 amide bonds. The van der Waals surface area contributed by atoms with Crippen LogP contribution in [0.15, 0.2) is 18.2 Å². The van der Waals surface area contributed by atoms with Crippen LogP contribution in [0, 0.1) is 0 Å². The Kier molecular flexibility index (Phi) is 4.96. The molecule has 5 heteroatoms. The number of amides is 1. The molecule has 0 aliphatic carbocycles. The lowest BCUT2D eigenvalue weighted by Gasteiger charge is -2.17. The molecule has 1 aromatic carbocycles. The van der Waals surface area contributed by atoms with Gasteiger partial charge in [0.2, 0.25) is 0 Å². The third-order valence-electron chi connectivity index (χ3n) is 3.83. The topological polar surface area (TPSA) is 75.6 Å². The fourth-order valence-corrected chi connectivity index (χ4v) is 2.62. The van der Waals surface area contributed by atoms with E-state index in [-0.39, 0.29) is 5.91 Å². The molecule has 0 radical (unpaired) electrons. The Labute approximate surface area is 124 Å². The molecule has 1 aliphatic heterocycles. The number of carbonyl (C=O) groups is 2. The van der Waals surface area contributed by atoms with Crippen LogP contribution in [0.4, 0.5) is 5.69 Å². The average Bonchev–Trinajstić information content (AvgIpc) is 2.97. The summed E-state index contributed by atoms with van der Waals surface area (Å²) >= 11 is 0. The van der Waals surface area contributed by atoms with Crippen molar-refractivity contribution in [2.75, 3.05) is 5.32 Å². The van der Waals surface area contributed by atoms with Crippen LogP contribution in [0.25, 0.3) is 0 Å². The highest BCUT2D eigenvalue weighted by Gasteiger charge is 2.35. The Hall–Kier alpha value is -1.88. The van der Waals surface area contributed by atoms with Gasteiger partial charge in [-0.3, -0.25) is 4.79 Å². The minimum Gasteiger partial charge on any atom is -0.479 e. The molecule has 2 rings (SSSR count). The number of carboxylic acids is 1. The zero-order chi connectivity index (χ0) is 15.4. The Bertz CT molecular complexity index is 519. The van der Waals surface area contributed by atoms with E-state index in [1.807, 2.05) is 32.0 Å². The van der Waals surface area contributed by atoms with Crippen molar-refractivity contribution in [2.24, 2.45) is 0 Å². The maximum atomic E-state index is 12.3. The van der Waals surface area contributed by atoms with E-state index in [4.69, 9.17) is 9.84 Å². The molecule has 0 spiro atoms. The van der Waals surface area contributed by atoms with Crippen LogP contribution in [0.1, 0.15) is 37.8 Å². The van der Waals surface area contributed by atoms with Crippen molar-refractivity contribution >= 4 is 17.6 Å². The number of carboxylic acid groups (broad SMARTS) is 1. The summed E-state index contributed by atoms with van der Waals surface area (Å²) in [4.78, 5) is 23.2. The number of hydrogen-bond donors (Lipinski definition) is 2. The van der Waals surface area contributed by atoms with Crippen molar-refractivity contribution in [2.45, 2.75) is 51.7 Å². The highest BCUT2D eigenvalue weighted by molar-refractivity contribution is 5.96. The van der Waals surface area contributed by atoms with Gasteiger partial charge in [-0.05, 0) is 36.8 Å².